The van der Waals surface area contributed by atoms with E-state index in [1.165, 1.54) is 24.3 Å². The van der Waals surface area contributed by atoms with Crippen molar-refractivity contribution in [2.45, 2.75) is 6.92 Å². The van der Waals surface area contributed by atoms with Crippen molar-refractivity contribution >= 4 is 45.7 Å². The molecule has 11 heteroatoms. The van der Waals surface area contributed by atoms with Gasteiger partial charge in [0.1, 0.15) is 17.0 Å². The molecule has 5 aromatic rings. The van der Waals surface area contributed by atoms with Gasteiger partial charge < -0.3 is 19.3 Å². The minimum absolute atomic E-state index is 0.00750. The molecule has 0 fully saturated rings. The number of phenolic OH excluding ortho intramolecular Hbond substituents is 1. The Labute approximate surface area is 214 Å². The number of nitro groups is 1. The zero-order valence-corrected chi connectivity index (χ0v) is 20.0. The van der Waals surface area contributed by atoms with Crippen LogP contribution in [0.15, 0.2) is 81.6 Å². The van der Waals surface area contributed by atoms with Crippen molar-refractivity contribution in [1.29, 1.82) is 0 Å². The van der Waals surface area contributed by atoms with Crippen LogP contribution >= 0.6 is 12.2 Å². The molecule has 37 heavy (non-hydrogen) atoms. The molecule has 0 saturated heterocycles. The van der Waals surface area contributed by atoms with Crippen LogP contribution in [0.3, 0.4) is 0 Å². The van der Waals surface area contributed by atoms with Crippen LogP contribution in [0.1, 0.15) is 16.1 Å². The maximum Gasteiger partial charge on any atom is 0.293 e. The molecule has 0 unspecified atom stereocenters. The van der Waals surface area contributed by atoms with E-state index in [4.69, 9.17) is 21.1 Å². The predicted octanol–water partition coefficient (Wildman–Crippen LogP) is 5.80. The number of aromatic nitrogens is 1. The monoisotopic (exact) mass is 514 g/mol. The topological polar surface area (TPSA) is 144 Å². The van der Waals surface area contributed by atoms with E-state index < -0.39 is 10.8 Å². The number of hydrogen-bond acceptors (Lipinski definition) is 8. The van der Waals surface area contributed by atoms with Gasteiger partial charge in [0.05, 0.1) is 10.5 Å². The molecule has 0 aliphatic heterocycles. The standard InChI is InChI=1S/C26H18N4O6S/c1-14-11-16(13-18(23(14)31)25-28-19-7-2-3-8-21(19)36-25)27-26(37)29-24(32)22-10-9-20(35-22)15-5-4-6-17(12-15)30(33)34/h2-13,31H,1H3,(H2,27,29,32,37). The van der Waals surface area contributed by atoms with Crippen LogP contribution in [0.2, 0.25) is 0 Å². The van der Waals surface area contributed by atoms with Crippen LogP contribution in [0.25, 0.3) is 33.9 Å². The highest BCUT2D eigenvalue weighted by atomic mass is 32.1. The highest BCUT2D eigenvalue weighted by Gasteiger charge is 2.18. The van der Waals surface area contributed by atoms with Gasteiger partial charge in [0.15, 0.2) is 16.5 Å². The highest BCUT2D eigenvalue weighted by Crippen LogP contribution is 2.36. The number of nitrogens with one attached hydrogen (secondary N) is 2. The van der Waals surface area contributed by atoms with Gasteiger partial charge in [-0.3, -0.25) is 20.2 Å². The van der Waals surface area contributed by atoms with Gasteiger partial charge in [-0.05, 0) is 61.1 Å². The molecule has 3 aromatic carbocycles. The number of aryl methyl sites for hydroxylation is 1. The number of thiocarbonyl (C=S) groups is 1. The van der Waals surface area contributed by atoms with E-state index >= 15 is 0 Å². The SMILES string of the molecule is Cc1cc(NC(=S)NC(=O)c2ccc(-c3cccc([N+](=O)[O-])c3)o2)cc(-c2nc3ccccc3o2)c1O. The average molecular weight is 515 g/mol. The Hall–Kier alpha value is -5.03. The average Bonchev–Trinajstić information content (AvgIpc) is 3.54. The second-order valence-corrected chi connectivity index (χ2v) is 8.46. The van der Waals surface area contributed by atoms with Crippen LogP contribution in [0, 0.1) is 17.0 Å². The van der Waals surface area contributed by atoms with Crippen molar-refractivity contribution < 1.29 is 23.7 Å². The molecule has 0 bridgehead atoms. The molecule has 5 rings (SSSR count). The van der Waals surface area contributed by atoms with Crippen molar-refractivity contribution in [3.63, 3.8) is 0 Å². The summed E-state index contributed by atoms with van der Waals surface area (Å²) in [6, 6.07) is 19.4. The maximum atomic E-state index is 12.7. The molecule has 2 aromatic heterocycles. The van der Waals surface area contributed by atoms with Crippen LogP contribution in [-0.4, -0.2) is 26.0 Å². The van der Waals surface area contributed by atoms with Crippen molar-refractivity contribution in [2.75, 3.05) is 5.32 Å². The molecule has 2 heterocycles. The number of rotatable bonds is 5. The van der Waals surface area contributed by atoms with Gasteiger partial charge in [-0.2, -0.15) is 0 Å². The molecule has 0 atom stereocenters. The zero-order chi connectivity index (χ0) is 26.1. The fourth-order valence-electron chi connectivity index (χ4n) is 3.72. The Morgan fingerprint density at radius 1 is 1.05 bits per heavy atom. The summed E-state index contributed by atoms with van der Waals surface area (Å²) >= 11 is 5.29. The number of anilines is 1. The van der Waals surface area contributed by atoms with E-state index in [1.807, 2.05) is 12.1 Å². The second-order valence-electron chi connectivity index (χ2n) is 8.06. The van der Waals surface area contributed by atoms with Gasteiger partial charge in [-0.25, -0.2) is 4.98 Å². The van der Waals surface area contributed by atoms with Crippen molar-refractivity contribution in [3.05, 3.63) is 94.2 Å². The lowest BCUT2D eigenvalue weighted by Crippen LogP contribution is -2.33. The van der Waals surface area contributed by atoms with Crippen LogP contribution < -0.4 is 10.6 Å². The molecular weight excluding hydrogens is 496 g/mol. The molecule has 10 nitrogen and oxygen atoms in total. The summed E-state index contributed by atoms with van der Waals surface area (Å²) in [7, 11) is 0. The number of carbonyl (C=O) groups is 1. The van der Waals surface area contributed by atoms with E-state index in [1.54, 1.807) is 43.3 Å². The largest absolute Gasteiger partial charge is 0.507 e. The normalized spacial score (nSPS) is 10.8. The van der Waals surface area contributed by atoms with Gasteiger partial charge in [-0.1, -0.05) is 24.3 Å². The summed E-state index contributed by atoms with van der Waals surface area (Å²) in [6.07, 6.45) is 0. The third kappa shape index (κ3) is 4.88. The second kappa shape index (κ2) is 9.55. The molecular formula is C26H18N4O6S. The van der Waals surface area contributed by atoms with Gasteiger partial charge in [-0.15, -0.1) is 0 Å². The van der Waals surface area contributed by atoms with Gasteiger partial charge in [0, 0.05) is 23.4 Å². The number of aromatic hydroxyl groups is 1. The Morgan fingerprint density at radius 3 is 2.65 bits per heavy atom. The first-order valence-electron chi connectivity index (χ1n) is 10.9. The number of fused-ring (bicyclic) bond motifs is 1. The van der Waals surface area contributed by atoms with Crippen molar-refractivity contribution in [1.82, 2.24) is 10.3 Å². The summed E-state index contributed by atoms with van der Waals surface area (Å²) in [5.41, 5.74) is 3.00. The molecule has 1 amide bonds. The number of amides is 1. The van der Waals surface area contributed by atoms with E-state index in [-0.39, 0.29) is 28.2 Å². The van der Waals surface area contributed by atoms with Crippen LogP contribution in [-0.2, 0) is 0 Å². The summed E-state index contributed by atoms with van der Waals surface area (Å²) in [4.78, 5) is 27.6. The predicted molar refractivity (Wildman–Crippen MR) is 140 cm³/mol. The number of nitrogens with zero attached hydrogens (tertiary/aromatic N) is 2. The number of benzene rings is 3. The first-order chi connectivity index (χ1) is 17.8. The Morgan fingerprint density at radius 2 is 1.86 bits per heavy atom. The highest BCUT2D eigenvalue weighted by molar-refractivity contribution is 7.80. The smallest absolute Gasteiger partial charge is 0.293 e. The van der Waals surface area contributed by atoms with Crippen molar-refractivity contribution in [2.24, 2.45) is 0 Å². The van der Waals surface area contributed by atoms with E-state index in [9.17, 15) is 20.0 Å². The summed E-state index contributed by atoms with van der Waals surface area (Å²) in [5.74, 6) is -0.0885. The number of non-ortho nitro benzene ring substituents is 1. The molecule has 0 aliphatic carbocycles. The fraction of sp³-hybridized carbons (Fsp3) is 0.0385. The third-order valence-electron chi connectivity index (χ3n) is 5.48. The van der Waals surface area contributed by atoms with Gasteiger partial charge in [0.2, 0.25) is 5.89 Å². The molecule has 0 aliphatic rings. The molecule has 0 spiro atoms. The number of furan rings is 1. The Kier molecular flexibility index (Phi) is 6.12. The zero-order valence-electron chi connectivity index (χ0n) is 19.2. The number of phenols is 1. The van der Waals surface area contributed by atoms with Crippen LogP contribution in [0.5, 0.6) is 5.75 Å². The number of para-hydroxylation sites is 2. The summed E-state index contributed by atoms with van der Waals surface area (Å²) in [6.45, 7) is 1.71. The Bertz CT molecular complexity index is 1660. The first-order valence-corrected chi connectivity index (χ1v) is 11.4. The van der Waals surface area contributed by atoms with Crippen LogP contribution in [0.4, 0.5) is 11.4 Å². The maximum absolute atomic E-state index is 12.7. The lowest BCUT2D eigenvalue weighted by atomic mass is 10.1. The molecule has 0 saturated carbocycles. The minimum atomic E-state index is -0.608. The summed E-state index contributed by atoms with van der Waals surface area (Å²) < 4.78 is 11.4. The first kappa shape index (κ1) is 23.7. The molecule has 184 valence electrons. The van der Waals surface area contributed by atoms with Gasteiger partial charge >= 0.3 is 0 Å². The van der Waals surface area contributed by atoms with Gasteiger partial charge in [0.25, 0.3) is 11.6 Å². The summed E-state index contributed by atoms with van der Waals surface area (Å²) in [5, 5.41) is 27.1. The van der Waals surface area contributed by atoms with E-state index in [0.717, 1.165) is 0 Å². The number of oxazole rings is 1. The Balaban J connectivity index is 1.31. The lowest BCUT2D eigenvalue weighted by Gasteiger charge is -2.12. The van der Waals surface area contributed by atoms with Crippen molar-refractivity contribution in [3.8, 4) is 28.5 Å². The number of hydrogen-bond donors (Lipinski definition) is 3. The fourth-order valence-corrected chi connectivity index (χ4v) is 3.93. The number of carbonyl (C=O) groups excluding carboxylic acids is 1. The third-order valence-corrected chi connectivity index (χ3v) is 5.69. The van der Waals surface area contributed by atoms with E-state index in [2.05, 4.69) is 15.6 Å². The molecule has 0 radical (unpaired) electrons. The quantitative estimate of drug-likeness (QED) is 0.115. The lowest BCUT2D eigenvalue weighted by molar-refractivity contribution is -0.384. The minimum Gasteiger partial charge on any atom is -0.507 e. The molecule has 3 N–H and O–H groups in total. The number of nitro benzene ring substituents is 1. The van der Waals surface area contributed by atoms with E-state index in [0.29, 0.717) is 39.2 Å².